The van der Waals surface area contributed by atoms with Gasteiger partial charge >= 0.3 is 0 Å². The van der Waals surface area contributed by atoms with Crippen LogP contribution >= 0.6 is 24.0 Å². The van der Waals surface area contributed by atoms with Crippen LogP contribution in [0.3, 0.4) is 0 Å². The van der Waals surface area contributed by atoms with Crippen molar-refractivity contribution in [2.24, 2.45) is 4.99 Å². The number of hydrogen-bond acceptors (Lipinski definition) is 4. The summed E-state index contributed by atoms with van der Waals surface area (Å²) in [6.07, 6.45) is 2.05. The highest BCUT2D eigenvalue weighted by Gasteiger charge is 2.18. The molecule has 1 aromatic heterocycles. The highest BCUT2D eigenvalue weighted by atomic mass is 127. The van der Waals surface area contributed by atoms with E-state index in [9.17, 15) is 4.39 Å². The van der Waals surface area contributed by atoms with Crippen LogP contribution < -0.4 is 15.5 Å². The minimum Gasteiger partial charge on any atom is -0.375 e. The number of aromatic nitrogens is 1. The lowest BCUT2D eigenvalue weighted by Crippen LogP contribution is -2.41. The Morgan fingerprint density at radius 2 is 1.93 bits per heavy atom. The van der Waals surface area contributed by atoms with Gasteiger partial charge in [-0.25, -0.2) is 9.37 Å². The van der Waals surface area contributed by atoms with Gasteiger partial charge in [-0.05, 0) is 42.3 Å². The Labute approximate surface area is 182 Å². The molecule has 0 bridgehead atoms. The molecule has 1 saturated heterocycles. The second-order valence-corrected chi connectivity index (χ2v) is 6.56. The van der Waals surface area contributed by atoms with Crippen molar-refractivity contribution in [1.82, 2.24) is 15.6 Å². The molecule has 152 valence electrons. The molecule has 1 atom stereocenters. The summed E-state index contributed by atoms with van der Waals surface area (Å²) in [7, 11) is 1.73. The summed E-state index contributed by atoms with van der Waals surface area (Å²) in [6.45, 7) is 5.73. The van der Waals surface area contributed by atoms with E-state index in [1.165, 1.54) is 12.1 Å². The number of halogens is 2. The first-order valence-corrected chi connectivity index (χ1v) is 9.14. The van der Waals surface area contributed by atoms with Crippen molar-refractivity contribution in [3.8, 4) is 0 Å². The SMILES string of the molecule is CN=C(NCc1ccc(F)cc1)NCc1ccnc(N2CCOC(C)C2)c1.I. The predicted octanol–water partition coefficient (Wildman–Crippen LogP) is 2.93. The summed E-state index contributed by atoms with van der Waals surface area (Å²) in [5, 5.41) is 6.53. The maximum Gasteiger partial charge on any atom is 0.191 e. The zero-order valence-electron chi connectivity index (χ0n) is 16.2. The van der Waals surface area contributed by atoms with Gasteiger partial charge in [-0.1, -0.05) is 12.1 Å². The molecule has 1 fully saturated rings. The van der Waals surface area contributed by atoms with Crippen molar-refractivity contribution in [1.29, 1.82) is 0 Å². The van der Waals surface area contributed by atoms with Crippen LogP contribution in [-0.4, -0.2) is 43.8 Å². The van der Waals surface area contributed by atoms with E-state index in [0.717, 1.165) is 36.6 Å². The van der Waals surface area contributed by atoms with Crippen LogP contribution in [0.1, 0.15) is 18.1 Å². The minimum atomic E-state index is -0.232. The fourth-order valence-electron chi connectivity index (χ4n) is 2.96. The first-order valence-electron chi connectivity index (χ1n) is 9.14. The normalized spacial score (nSPS) is 17.0. The van der Waals surface area contributed by atoms with Gasteiger partial charge in [0, 0.05) is 39.4 Å². The van der Waals surface area contributed by atoms with Crippen LogP contribution in [0.5, 0.6) is 0 Å². The van der Waals surface area contributed by atoms with Crippen molar-refractivity contribution in [2.45, 2.75) is 26.1 Å². The van der Waals surface area contributed by atoms with Crippen LogP contribution in [0.4, 0.5) is 10.2 Å². The minimum absolute atomic E-state index is 0. The van der Waals surface area contributed by atoms with Crippen molar-refractivity contribution < 1.29 is 9.13 Å². The molecule has 0 radical (unpaired) electrons. The molecule has 0 spiro atoms. The molecule has 1 unspecified atom stereocenters. The number of morpholine rings is 1. The summed E-state index contributed by atoms with van der Waals surface area (Å²) in [5.74, 6) is 1.43. The number of benzene rings is 1. The maximum absolute atomic E-state index is 13.0. The molecule has 2 aromatic rings. The summed E-state index contributed by atoms with van der Waals surface area (Å²) in [6, 6.07) is 10.5. The van der Waals surface area contributed by atoms with Gasteiger partial charge in [-0.2, -0.15) is 0 Å². The zero-order valence-corrected chi connectivity index (χ0v) is 18.5. The van der Waals surface area contributed by atoms with E-state index >= 15 is 0 Å². The van der Waals surface area contributed by atoms with Gasteiger partial charge in [0.1, 0.15) is 11.6 Å². The van der Waals surface area contributed by atoms with Crippen LogP contribution in [-0.2, 0) is 17.8 Å². The molecule has 2 N–H and O–H groups in total. The van der Waals surface area contributed by atoms with E-state index in [2.05, 4.69) is 38.5 Å². The third-order valence-electron chi connectivity index (χ3n) is 4.43. The molecule has 0 saturated carbocycles. The number of nitrogens with zero attached hydrogens (tertiary/aromatic N) is 3. The Kier molecular flexibility index (Phi) is 8.91. The van der Waals surface area contributed by atoms with Crippen LogP contribution in [0.2, 0.25) is 0 Å². The van der Waals surface area contributed by atoms with Crippen LogP contribution in [0.25, 0.3) is 0 Å². The molecule has 3 rings (SSSR count). The zero-order chi connectivity index (χ0) is 19.1. The van der Waals surface area contributed by atoms with Crippen LogP contribution in [0.15, 0.2) is 47.6 Å². The first-order chi connectivity index (χ1) is 13.1. The molecular formula is C20H27FIN5O. The van der Waals surface area contributed by atoms with Crippen molar-refractivity contribution in [3.05, 3.63) is 59.5 Å². The van der Waals surface area contributed by atoms with Gasteiger partial charge in [0.2, 0.25) is 0 Å². The summed E-state index contributed by atoms with van der Waals surface area (Å²) < 4.78 is 18.6. The molecule has 6 nitrogen and oxygen atoms in total. The topological polar surface area (TPSA) is 61.8 Å². The van der Waals surface area contributed by atoms with Gasteiger partial charge in [0.15, 0.2) is 5.96 Å². The van der Waals surface area contributed by atoms with Gasteiger partial charge in [-0.3, -0.25) is 4.99 Å². The average molecular weight is 499 g/mol. The van der Waals surface area contributed by atoms with Gasteiger partial charge in [0.05, 0.1) is 12.7 Å². The smallest absolute Gasteiger partial charge is 0.191 e. The van der Waals surface area contributed by atoms with E-state index in [4.69, 9.17) is 4.74 Å². The molecule has 0 aliphatic carbocycles. The Balaban J connectivity index is 0.00000280. The molecule has 1 aliphatic rings. The molecule has 1 aromatic carbocycles. The van der Waals surface area contributed by atoms with E-state index in [1.54, 1.807) is 19.2 Å². The number of ether oxygens (including phenoxy) is 1. The summed E-state index contributed by atoms with van der Waals surface area (Å²) in [4.78, 5) is 11.0. The van der Waals surface area contributed by atoms with Gasteiger partial charge in [-0.15, -0.1) is 24.0 Å². The lowest BCUT2D eigenvalue weighted by Gasteiger charge is -2.32. The Morgan fingerprint density at radius 3 is 2.61 bits per heavy atom. The number of guanidine groups is 1. The highest BCUT2D eigenvalue weighted by Crippen LogP contribution is 2.16. The first kappa shape index (κ1) is 22.4. The monoisotopic (exact) mass is 499 g/mol. The lowest BCUT2D eigenvalue weighted by atomic mass is 10.2. The van der Waals surface area contributed by atoms with Gasteiger partial charge in [0.25, 0.3) is 0 Å². The highest BCUT2D eigenvalue weighted by molar-refractivity contribution is 14.0. The number of rotatable bonds is 5. The third-order valence-corrected chi connectivity index (χ3v) is 4.43. The molecular weight excluding hydrogens is 472 g/mol. The number of pyridine rings is 1. The molecule has 0 amide bonds. The second-order valence-electron chi connectivity index (χ2n) is 6.56. The molecule has 8 heteroatoms. The van der Waals surface area contributed by atoms with E-state index in [-0.39, 0.29) is 35.9 Å². The molecule has 28 heavy (non-hydrogen) atoms. The Hall–Kier alpha value is -1.94. The van der Waals surface area contributed by atoms with Crippen molar-refractivity contribution in [2.75, 3.05) is 31.6 Å². The number of aliphatic imine (C=N–C) groups is 1. The van der Waals surface area contributed by atoms with Crippen molar-refractivity contribution >= 4 is 35.8 Å². The van der Waals surface area contributed by atoms with Gasteiger partial charge < -0.3 is 20.3 Å². The molecule has 1 aliphatic heterocycles. The Morgan fingerprint density at radius 1 is 1.21 bits per heavy atom. The van der Waals surface area contributed by atoms with Crippen LogP contribution in [0, 0.1) is 5.82 Å². The lowest BCUT2D eigenvalue weighted by molar-refractivity contribution is 0.0529. The van der Waals surface area contributed by atoms with E-state index < -0.39 is 0 Å². The maximum atomic E-state index is 13.0. The van der Waals surface area contributed by atoms with E-state index in [1.807, 2.05) is 12.3 Å². The third kappa shape index (κ3) is 6.59. The average Bonchev–Trinajstić information content (AvgIpc) is 2.70. The Bertz CT molecular complexity index is 771. The number of nitrogens with one attached hydrogen (secondary N) is 2. The van der Waals surface area contributed by atoms with Crippen molar-refractivity contribution in [3.63, 3.8) is 0 Å². The quantitative estimate of drug-likeness (QED) is 0.377. The predicted molar refractivity (Wildman–Crippen MR) is 121 cm³/mol. The number of anilines is 1. The fraction of sp³-hybridized carbons (Fsp3) is 0.400. The summed E-state index contributed by atoms with van der Waals surface area (Å²) in [5.41, 5.74) is 2.12. The van der Waals surface area contributed by atoms with E-state index in [0.29, 0.717) is 19.0 Å². The molecule has 2 heterocycles. The standard InChI is InChI=1S/C20H26FN5O.HI/c1-15-14-26(9-10-27-15)19-11-17(7-8-23-19)13-25-20(22-2)24-12-16-3-5-18(21)6-4-16;/h3-8,11,15H,9-10,12-14H2,1-2H3,(H2,22,24,25);1H. The largest absolute Gasteiger partial charge is 0.375 e. The summed E-state index contributed by atoms with van der Waals surface area (Å²) >= 11 is 0. The number of hydrogen-bond donors (Lipinski definition) is 2. The second kappa shape index (κ2) is 11.2. The fourth-order valence-corrected chi connectivity index (χ4v) is 2.96.